The maximum Gasteiger partial charge on any atom is 0.227 e. The molecule has 1 fully saturated rings. The van der Waals surface area contributed by atoms with Crippen LogP contribution in [0.25, 0.3) is 0 Å². The summed E-state index contributed by atoms with van der Waals surface area (Å²) in [4.78, 5) is 21.0. The fourth-order valence-corrected chi connectivity index (χ4v) is 3.13. The van der Waals surface area contributed by atoms with Gasteiger partial charge in [0, 0.05) is 37.9 Å². The second-order valence-corrected chi connectivity index (χ2v) is 6.19. The van der Waals surface area contributed by atoms with Crippen LogP contribution in [0.3, 0.4) is 0 Å². The largest absolute Gasteiger partial charge is 0.361 e. The summed E-state index contributed by atoms with van der Waals surface area (Å²) < 4.78 is 5.14. The Morgan fingerprint density at radius 3 is 2.88 bits per heavy atom. The molecule has 2 aromatic rings. The molecule has 0 aliphatic carbocycles. The van der Waals surface area contributed by atoms with E-state index in [1.807, 2.05) is 18.7 Å². The number of carbonyl (C=O) groups is 1. The van der Waals surface area contributed by atoms with Gasteiger partial charge in [-0.25, -0.2) is 4.98 Å². The van der Waals surface area contributed by atoms with Crippen LogP contribution in [0.1, 0.15) is 29.0 Å². The summed E-state index contributed by atoms with van der Waals surface area (Å²) in [7, 11) is 0. The van der Waals surface area contributed by atoms with Gasteiger partial charge in [-0.15, -0.1) is 0 Å². The van der Waals surface area contributed by atoms with Crippen LogP contribution in [-0.4, -0.2) is 47.1 Å². The third-order valence-electron chi connectivity index (χ3n) is 4.56. The molecule has 0 N–H and O–H groups in total. The predicted octanol–water partition coefficient (Wildman–Crippen LogP) is 1.84. The molecule has 2 aromatic heterocycles. The van der Waals surface area contributed by atoms with E-state index in [1.54, 1.807) is 18.3 Å². The Morgan fingerprint density at radius 1 is 1.32 bits per heavy atom. The number of anilines is 1. The summed E-state index contributed by atoms with van der Waals surface area (Å²) in [6.45, 7) is 6.45. The SMILES string of the molecule is Cc1noc(C)c1CC(=O)N1CCCN(c2ncccc2C#N)CC1. The van der Waals surface area contributed by atoms with Crippen molar-refractivity contribution in [3.63, 3.8) is 0 Å². The number of aromatic nitrogens is 2. The van der Waals surface area contributed by atoms with Crippen LogP contribution >= 0.6 is 0 Å². The topological polar surface area (TPSA) is 86.3 Å². The van der Waals surface area contributed by atoms with E-state index in [4.69, 9.17) is 4.52 Å². The number of nitrogens with zero attached hydrogens (tertiary/aromatic N) is 5. The molecule has 130 valence electrons. The van der Waals surface area contributed by atoms with Gasteiger partial charge < -0.3 is 14.3 Å². The Kier molecular flexibility index (Phi) is 4.98. The second kappa shape index (κ2) is 7.34. The van der Waals surface area contributed by atoms with Gasteiger partial charge in [-0.2, -0.15) is 5.26 Å². The van der Waals surface area contributed by atoms with Crippen molar-refractivity contribution < 1.29 is 9.32 Å². The van der Waals surface area contributed by atoms with Gasteiger partial charge in [-0.3, -0.25) is 4.79 Å². The van der Waals surface area contributed by atoms with E-state index in [1.165, 1.54) is 0 Å². The number of pyridine rings is 1. The fourth-order valence-electron chi connectivity index (χ4n) is 3.13. The number of rotatable bonds is 3. The highest BCUT2D eigenvalue weighted by Crippen LogP contribution is 2.19. The summed E-state index contributed by atoms with van der Waals surface area (Å²) in [5.74, 6) is 1.48. The lowest BCUT2D eigenvalue weighted by atomic mass is 10.1. The van der Waals surface area contributed by atoms with Gasteiger partial charge in [0.25, 0.3) is 0 Å². The molecule has 0 atom stereocenters. The fraction of sp³-hybridized carbons (Fsp3) is 0.444. The van der Waals surface area contributed by atoms with Crippen LogP contribution in [-0.2, 0) is 11.2 Å². The van der Waals surface area contributed by atoms with Crippen LogP contribution < -0.4 is 4.90 Å². The third-order valence-corrected chi connectivity index (χ3v) is 4.56. The van der Waals surface area contributed by atoms with Gasteiger partial charge in [0.1, 0.15) is 17.6 Å². The summed E-state index contributed by atoms with van der Waals surface area (Å²) in [6, 6.07) is 5.72. The van der Waals surface area contributed by atoms with Gasteiger partial charge >= 0.3 is 0 Å². The van der Waals surface area contributed by atoms with Gasteiger partial charge in [-0.1, -0.05) is 5.16 Å². The predicted molar refractivity (Wildman–Crippen MR) is 92.0 cm³/mol. The molecule has 0 radical (unpaired) electrons. The molecule has 0 aromatic carbocycles. The van der Waals surface area contributed by atoms with Crippen molar-refractivity contribution in [2.75, 3.05) is 31.1 Å². The monoisotopic (exact) mass is 339 g/mol. The van der Waals surface area contributed by atoms with E-state index < -0.39 is 0 Å². The Labute approximate surface area is 146 Å². The van der Waals surface area contributed by atoms with Crippen molar-refractivity contribution in [1.82, 2.24) is 15.0 Å². The van der Waals surface area contributed by atoms with Gasteiger partial charge in [0.05, 0.1) is 17.7 Å². The number of hydrogen-bond acceptors (Lipinski definition) is 6. The third kappa shape index (κ3) is 3.63. The quantitative estimate of drug-likeness (QED) is 0.848. The van der Waals surface area contributed by atoms with Crippen LogP contribution in [0.4, 0.5) is 5.82 Å². The van der Waals surface area contributed by atoms with Crippen molar-refractivity contribution in [3.8, 4) is 6.07 Å². The molecule has 0 spiro atoms. The zero-order chi connectivity index (χ0) is 17.8. The van der Waals surface area contributed by atoms with Gasteiger partial charge in [0.15, 0.2) is 0 Å². The summed E-state index contributed by atoms with van der Waals surface area (Å²) >= 11 is 0. The molecule has 3 heterocycles. The highest BCUT2D eigenvalue weighted by Gasteiger charge is 2.23. The van der Waals surface area contributed by atoms with Crippen molar-refractivity contribution in [2.24, 2.45) is 0 Å². The average Bonchev–Trinajstić information content (AvgIpc) is 2.83. The Hall–Kier alpha value is -2.88. The summed E-state index contributed by atoms with van der Waals surface area (Å²) in [6.07, 6.45) is 2.85. The van der Waals surface area contributed by atoms with E-state index >= 15 is 0 Å². The molecule has 1 amide bonds. The van der Waals surface area contributed by atoms with Crippen LogP contribution in [0.2, 0.25) is 0 Å². The first-order valence-corrected chi connectivity index (χ1v) is 8.39. The average molecular weight is 339 g/mol. The van der Waals surface area contributed by atoms with E-state index in [2.05, 4.69) is 21.1 Å². The zero-order valence-corrected chi connectivity index (χ0v) is 14.5. The number of carbonyl (C=O) groups excluding carboxylic acids is 1. The molecule has 0 saturated carbocycles. The van der Waals surface area contributed by atoms with Crippen LogP contribution in [0.15, 0.2) is 22.9 Å². The van der Waals surface area contributed by atoms with Gasteiger partial charge in [0.2, 0.25) is 5.91 Å². The van der Waals surface area contributed by atoms with Crippen molar-refractivity contribution in [3.05, 3.63) is 40.9 Å². The van der Waals surface area contributed by atoms with E-state index in [-0.39, 0.29) is 5.91 Å². The van der Waals surface area contributed by atoms with E-state index in [0.717, 1.165) is 24.2 Å². The molecule has 7 heteroatoms. The first kappa shape index (κ1) is 17.0. The molecule has 0 unspecified atom stereocenters. The number of aryl methyl sites for hydroxylation is 2. The normalized spacial score (nSPS) is 14.9. The smallest absolute Gasteiger partial charge is 0.227 e. The zero-order valence-electron chi connectivity index (χ0n) is 14.5. The maximum atomic E-state index is 12.7. The minimum Gasteiger partial charge on any atom is -0.361 e. The lowest BCUT2D eigenvalue weighted by molar-refractivity contribution is -0.130. The molecule has 0 bridgehead atoms. The Balaban J connectivity index is 1.67. The lowest BCUT2D eigenvalue weighted by Gasteiger charge is -2.23. The maximum absolute atomic E-state index is 12.7. The minimum atomic E-state index is 0.0813. The first-order chi connectivity index (χ1) is 12.1. The highest BCUT2D eigenvalue weighted by atomic mass is 16.5. The molecule has 25 heavy (non-hydrogen) atoms. The first-order valence-electron chi connectivity index (χ1n) is 8.39. The summed E-state index contributed by atoms with van der Waals surface area (Å²) in [5.41, 5.74) is 2.22. The molecule has 3 rings (SSSR count). The van der Waals surface area contributed by atoms with Crippen molar-refractivity contribution in [2.45, 2.75) is 26.7 Å². The minimum absolute atomic E-state index is 0.0813. The molecule has 1 aliphatic rings. The number of nitriles is 1. The Bertz CT molecular complexity index is 789. The molecule has 1 aliphatic heterocycles. The lowest BCUT2D eigenvalue weighted by Crippen LogP contribution is -2.36. The Morgan fingerprint density at radius 2 is 2.16 bits per heavy atom. The second-order valence-electron chi connectivity index (χ2n) is 6.19. The molecule has 7 nitrogen and oxygen atoms in total. The molecular formula is C18H21N5O2. The number of hydrogen-bond donors (Lipinski definition) is 0. The van der Waals surface area contributed by atoms with Crippen molar-refractivity contribution in [1.29, 1.82) is 5.26 Å². The number of amides is 1. The highest BCUT2D eigenvalue weighted by molar-refractivity contribution is 5.79. The summed E-state index contributed by atoms with van der Waals surface area (Å²) in [5, 5.41) is 13.2. The molecule has 1 saturated heterocycles. The van der Waals surface area contributed by atoms with E-state index in [9.17, 15) is 10.1 Å². The standard InChI is InChI=1S/C18H21N5O2/c1-13-16(14(2)25-21-13)11-17(24)22-7-4-8-23(10-9-22)18-15(12-19)5-3-6-20-18/h3,5-6H,4,7-11H2,1-2H3. The molecular weight excluding hydrogens is 318 g/mol. The van der Waals surface area contributed by atoms with Crippen molar-refractivity contribution >= 4 is 11.7 Å². The van der Waals surface area contributed by atoms with Gasteiger partial charge in [-0.05, 0) is 32.4 Å². The van der Waals surface area contributed by atoms with E-state index in [0.29, 0.717) is 43.2 Å². The van der Waals surface area contributed by atoms with Crippen LogP contribution in [0.5, 0.6) is 0 Å². The van der Waals surface area contributed by atoms with Crippen LogP contribution in [0, 0.1) is 25.2 Å².